The van der Waals surface area contributed by atoms with Crippen molar-refractivity contribution in [1.82, 2.24) is 0 Å². The molecule has 0 N–H and O–H groups in total. The number of carbonyl (C=O) groups excluding carboxylic acids is 1. The number of fused-ring (bicyclic) bond motifs is 5. The molecule has 0 spiro atoms. The van der Waals surface area contributed by atoms with Crippen molar-refractivity contribution in [1.29, 1.82) is 0 Å². The lowest BCUT2D eigenvalue weighted by molar-refractivity contribution is -0.148. The Morgan fingerprint density at radius 2 is 1.88 bits per heavy atom. The van der Waals surface area contributed by atoms with E-state index in [2.05, 4.69) is 56.6 Å². The largest absolute Gasteiger partial charge is 0.461 e. The highest BCUT2D eigenvalue weighted by molar-refractivity contribution is 9.09. The van der Waals surface area contributed by atoms with Gasteiger partial charge in [0.2, 0.25) is 0 Å². The molecular weight excluding hydrogens is 460 g/mol. The zero-order chi connectivity index (χ0) is 23.1. The molecule has 0 heterocycles. The second-order valence-corrected chi connectivity index (χ2v) is 13.3. The third-order valence-electron chi connectivity index (χ3n) is 10.7. The summed E-state index contributed by atoms with van der Waals surface area (Å²) in [7, 11) is 0. The van der Waals surface area contributed by atoms with Gasteiger partial charge in [0.1, 0.15) is 11.4 Å². The molecule has 3 saturated carbocycles. The summed E-state index contributed by atoms with van der Waals surface area (Å²) in [4.78, 5) is 11.8. The van der Waals surface area contributed by atoms with Crippen LogP contribution < -0.4 is 0 Å². The smallest absolute Gasteiger partial charge is 0.316 e. The maximum atomic E-state index is 11.8. The Morgan fingerprint density at radius 1 is 1.09 bits per heavy atom. The Balaban J connectivity index is 1.45. The summed E-state index contributed by atoms with van der Waals surface area (Å²) in [5.74, 6) is 5.16. The first-order chi connectivity index (χ1) is 15.2. The Kier molecular flexibility index (Phi) is 7.55. The SMILES string of the molecule is CC(C)CCC[C@H](C)C1CC[C@@H]2[C@@H]3CC=C4C[C@@H](OC(=O)CBr)CC[C@]4(C)[C@@H]3CC[C@]12C. The van der Waals surface area contributed by atoms with E-state index in [-0.39, 0.29) is 12.1 Å². The molecule has 0 bridgehead atoms. The van der Waals surface area contributed by atoms with E-state index in [9.17, 15) is 4.79 Å². The minimum atomic E-state index is -0.110. The second-order valence-electron chi connectivity index (χ2n) is 12.8. The molecule has 4 aliphatic carbocycles. The van der Waals surface area contributed by atoms with Crippen LogP contribution >= 0.6 is 15.9 Å². The van der Waals surface area contributed by atoms with Crippen molar-refractivity contribution in [2.45, 2.75) is 111 Å². The van der Waals surface area contributed by atoms with Crippen LogP contribution in [0.1, 0.15) is 105 Å². The normalized spacial score (nSPS) is 42.0. The van der Waals surface area contributed by atoms with Gasteiger partial charge in [-0.2, -0.15) is 0 Å². The van der Waals surface area contributed by atoms with Crippen LogP contribution in [0.4, 0.5) is 0 Å². The molecule has 32 heavy (non-hydrogen) atoms. The quantitative estimate of drug-likeness (QED) is 0.197. The molecule has 0 amide bonds. The number of alkyl halides is 1. The summed E-state index contributed by atoms with van der Waals surface area (Å²) < 4.78 is 5.72. The Hall–Kier alpha value is -0.310. The maximum absolute atomic E-state index is 11.8. The predicted octanol–water partition coefficient (Wildman–Crippen LogP) is 8.33. The molecule has 4 aliphatic rings. The summed E-state index contributed by atoms with van der Waals surface area (Å²) in [6, 6.07) is 0. The van der Waals surface area contributed by atoms with E-state index in [4.69, 9.17) is 4.74 Å². The number of carbonyl (C=O) groups is 1. The molecule has 0 saturated heterocycles. The fraction of sp³-hybridized carbons (Fsp3) is 0.897. The molecule has 1 unspecified atom stereocenters. The number of halogens is 1. The van der Waals surface area contributed by atoms with Crippen LogP contribution in [0.5, 0.6) is 0 Å². The standard InChI is InChI=1S/C29H47BrO2/c1-19(2)7-6-8-20(3)24-11-12-25-23-10-9-21-17-22(32-27(31)18-30)13-15-28(21,4)26(23)14-16-29(24,25)5/h9,19-20,22-26H,6-8,10-18H2,1-5H3/t20-,22-,23-,24?,25+,26+,28-,29+/m0/s1. The molecule has 0 aromatic carbocycles. The van der Waals surface area contributed by atoms with Crippen LogP contribution in [0.25, 0.3) is 0 Å². The summed E-state index contributed by atoms with van der Waals surface area (Å²) in [5.41, 5.74) is 2.50. The first kappa shape index (κ1) is 24.8. The number of hydrogen-bond donors (Lipinski definition) is 0. The molecule has 0 radical (unpaired) electrons. The third-order valence-corrected chi connectivity index (χ3v) is 11.1. The van der Waals surface area contributed by atoms with Gasteiger partial charge in [-0.25, -0.2) is 0 Å². The van der Waals surface area contributed by atoms with Crippen molar-refractivity contribution >= 4 is 21.9 Å². The number of ether oxygens (including phenoxy) is 1. The number of allylic oxidation sites excluding steroid dienone is 1. The molecule has 182 valence electrons. The van der Waals surface area contributed by atoms with Crippen LogP contribution in [-0.2, 0) is 9.53 Å². The first-order valence-electron chi connectivity index (χ1n) is 13.6. The zero-order valence-electron chi connectivity index (χ0n) is 21.3. The highest BCUT2D eigenvalue weighted by Gasteiger charge is 2.59. The van der Waals surface area contributed by atoms with E-state index in [0.29, 0.717) is 16.2 Å². The van der Waals surface area contributed by atoms with E-state index in [1.165, 1.54) is 57.8 Å². The monoisotopic (exact) mass is 506 g/mol. The van der Waals surface area contributed by atoms with Gasteiger partial charge in [-0.3, -0.25) is 4.79 Å². The van der Waals surface area contributed by atoms with Crippen LogP contribution in [0.2, 0.25) is 0 Å². The molecule has 2 nitrogen and oxygen atoms in total. The summed E-state index contributed by atoms with van der Waals surface area (Å²) in [5, 5.41) is 0.307. The van der Waals surface area contributed by atoms with E-state index in [0.717, 1.165) is 48.3 Å². The van der Waals surface area contributed by atoms with Gasteiger partial charge in [-0.15, -0.1) is 0 Å². The molecule has 0 aromatic heterocycles. The van der Waals surface area contributed by atoms with Gasteiger partial charge < -0.3 is 4.74 Å². The van der Waals surface area contributed by atoms with Gasteiger partial charge in [0.05, 0.1) is 0 Å². The molecule has 8 atom stereocenters. The van der Waals surface area contributed by atoms with E-state index in [1.54, 1.807) is 5.57 Å². The fourth-order valence-electron chi connectivity index (χ4n) is 8.97. The molecule has 3 fully saturated rings. The lowest BCUT2D eigenvalue weighted by Crippen LogP contribution is -2.51. The topological polar surface area (TPSA) is 26.3 Å². The number of esters is 1. The van der Waals surface area contributed by atoms with Crippen molar-refractivity contribution in [2.24, 2.45) is 46.3 Å². The van der Waals surface area contributed by atoms with Crippen molar-refractivity contribution in [3.8, 4) is 0 Å². The van der Waals surface area contributed by atoms with Crippen molar-refractivity contribution < 1.29 is 9.53 Å². The van der Waals surface area contributed by atoms with Crippen LogP contribution in [-0.4, -0.2) is 17.4 Å². The van der Waals surface area contributed by atoms with Crippen LogP contribution in [0.3, 0.4) is 0 Å². The van der Waals surface area contributed by atoms with E-state index < -0.39 is 0 Å². The minimum Gasteiger partial charge on any atom is -0.461 e. The maximum Gasteiger partial charge on any atom is 0.316 e. The zero-order valence-corrected chi connectivity index (χ0v) is 22.9. The summed E-state index contributed by atoms with van der Waals surface area (Å²) >= 11 is 3.24. The minimum absolute atomic E-state index is 0.0901. The summed E-state index contributed by atoms with van der Waals surface area (Å²) in [6.07, 6.45) is 17.1. The fourth-order valence-corrected chi connectivity index (χ4v) is 9.10. The van der Waals surface area contributed by atoms with Crippen molar-refractivity contribution in [3.63, 3.8) is 0 Å². The number of rotatable bonds is 7. The van der Waals surface area contributed by atoms with Crippen LogP contribution in [0, 0.1) is 46.3 Å². The average molecular weight is 508 g/mol. The van der Waals surface area contributed by atoms with Gasteiger partial charge in [0, 0.05) is 6.42 Å². The lowest BCUT2D eigenvalue weighted by Gasteiger charge is -2.58. The Labute approximate surface area is 205 Å². The Bertz CT molecular complexity index is 714. The predicted molar refractivity (Wildman–Crippen MR) is 137 cm³/mol. The lowest BCUT2D eigenvalue weighted by atomic mass is 9.47. The van der Waals surface area contributed by atoms with Gasteiger partial charge in [0.15, 0.2) is 0 Å². The number of hydrogen-bond acceptors (Lipinski definition) is 2. The van der Waals surface area contributed by atoms with Gasteiger partial charge in [-0.1, -0.05) is 81.5 Å². The van der Waals surface area contributed by atoms with Crippen molar-refractivity contribution in [2.75, 3.05) is 5.33 Å². The van der Waals surface area contributed by atoms with Gasteiger partial charge in [0.25, 0.3) is 0 Å². The highest BCUT2D eigenvalue weighted by Crippen LogP contribution is 2.67. The Morgan fingerprint density at radius 3 is 2.59 bits per heavy atom. The van der Waals surface area contributed by atoms with Gasteiger partial charge >= 0.3 is 5.97 Å². The van der Waals surface area contributed by atoms with Crippen molar-refractivity contribution in [3.05, 3.63) is 11.6 Å². The molecular formula is C29H47BrO2. The molecule has 3 heteroatoms. The van der Waals surface area contributed by atoms with Gasteiger partial charge in [-0.05, 0) is 91.3 Å². The first-order valence-corrected chi connectivity index (χ1v) is 14.8. The third kappa shape index (κ3) is 4.50. The molecule has 4 rings (SSSR count). The molecule has 0 aliphatic heterocycles. The average Bonchev–Trinajstić information content (AvgIpc) is 3.11. The summed E-state index contributed by atoms with van der Waals surface area (Å²) in [6.45, 7) is 12.5. The second kappa shape index (κ2) is 9.74. The molecule has 0 aromatic rings. The van der Waals surface area contributed by atoms with Crippen LogP contribution in [0.15, 0.2) is 11.6 Å². The highest BCUT2D eigenvalue weighted by atomic mass is 79.9. The van der Waals surface area contributed by atoms with E-state index in [1.807, 2.05) is 0 Å². The van der Waals surface area contributed by atoms with E-state index >= 15 is 0 Å².